The average molecular weight is 438 g/mol. The number of benzene rings is 2. The SMILES string of the molecule is O=C(O)CCCCCN(OCc1ccccc1)OS(=O)(=O)c1ccccc1[N+](=O)[O-]. The molecule has 0 aliphatic heterocycles. The maximum absolute atomic E-state index is 12.6. The lowest BCUT2D eigenvalue weighted by Gasteiger charge is -2.20. The smallest absolute Gasteiger partial charge is 0.321 e. The Balaban J connectivity index is 2.10. The van der Waals surface area contributed by atoms with Crippen LogP contribution >= 0.6 is 0 Å². The van der Waals surface area contributed by atoms with Gasteiger partial charge < -0.3 is 5.11 Å². The Labute approximate surface area is 173 Å². The van der Waals surface area contributed by atoms with Gasteiger partial charge in [-0.3, -0.25) is 19.7 Å². The van der Waals surface area contributed by atoms with Crippen LogP contribution in [0.15, 0.2) is 59.5 Å². The molecule has 162 valence electrons. The summed E-state index contributed by atoms with van der Waals surface area (Å²) in [6.07, 6.45) is 1.32. The highest BCUT2D eigenvalue weighted by Crippen LogP contribution is 2.25. The molecular formula is C19H22N2O8S. The predicted octanol–water partition coefficient (Wildman–Crippen LogP) is 3.29. The lowest BCUT2D eigenvalue weighted by molar-refractivity contribution is -0.388. The van der Waals surface area contributed by atoms with Crippen LogP contribution in [-0.4, -0.2) is 36.2 Å². The third-order valence-electron chi connectivity index (χ3n) is 3.96. The summed E-state index contributed by atoms with van der Waals surface area (Å²) in [6.45, 7) is 0.0364. The van der Waals surface area contributed by atoms with E-state index < -0.39 is 31.6 Å². The van der Waals surface area contributed by atoms with Crippen molar-refractivity contribution in [1.29, 1.82) is 0 Å². The third-order valence-corrected chi connectivity index (χ3v) is 5.21. The Kier molecular flexibility index (Phi) is 8.87. The zero-order valence-corrected chi connectivity index (χ0v) is 16.9. The molecule has 0 aliphatic rings. The fourth-order valence-corrected chi connectivity index (χ4v) is 3.57. The monoisotopic (exact) mass is 438 g/mol. The molecule has 2 aromatic carbocycles. The average Bonchev–Trinajstić information content (AvgIpc) is 2.72. The van der Waals surface area contributed by atoms with Crippen molar-refractivity contribution >= 4 is 21.8 Å². The molecule has 0 unspecified atom stereocenters. The largest absolute Gasteiger partial charge is 0.481 e. The quantitative estimate of drug-likeness (QED) is 0.284. The first-order chi connectivity index (χ1) is 14.3. The van der Waals surface area contributed by atoms with Gasteiger partial charge in [-0.1, -0.05) is 48.9 Å². The summed E-state index contributed by atoms with van der Waals surface area (Å²) in [5, 5.41) is 20.6. The first kappa shape index (κ1) is 23.4. The number of carbonyl (C=O) groups is 1. The molecule has 0 spiro atoms. The number of hydroxylamine groups is 2. The zero-order valence-electron chi connectivity index (χ0n) is 16.0. The molecule has 0 saturated heterocycles. The molecule has 0 amide bonds. The van der Waals surface area contributed by atoms with Gasteiger partial charge in [0.2, 0.25) is 0 Å². The van der Waals surface area contributed by atoms with Gasteiger partial charge >= 0.3 is 16.1 Å². The molecule has 0 bridgehead atoms. The van der Waals surface area contributed by atoms with Crippen LogP contribution in [0.2, 0.25) is 0 Å². The Morgan fingerprint density at radius 1 is 1.03 bits per heavy atom. The molecule has 0 radical (unpaired) electrons. The molecule has 1 N–H and O–H groups in total. The Hall–Kier alpha value is -2.86. The van der Waals surface area contributed by atoms with Crippen LogP contribution in [-0.2, 0) is 30.6 Å². The van der Waals surface area contributed by atoms with Crippen molar-refractivity contribution in [3.8, 4) is 0 Å². The molecule has 0 aliphatic carbocycles. The van der Waals surface area contributed by atoms with Gasteiger partial charge in [-0.2, -0.15) is 8.42 Å². The normalized spacial score (nSPS) is 11.5. The third kappa shape index (κ3) is 7.52. The van der Waals surface area contributed by atoms with Crippen LogP contribution in [0.1, 0.15) is 31.2 Å². The predicted molar refractivity (Wildman–Crippen MR) is 105 cm³/mol. The number of carboxylic acid groups (broad SMARTS) is 1. The number of hydrogen-bond acceptors (Lipinski definition) is 8. The summed E-state index contributed by atoms with van der Waals surface area (Å²) in [4.78, 5) is 25.8. The van der Waals surface area contributed by atoms with Crippen molar-refractivity contribution in [2.75, 3.05) is 6.54 Å². The first-order valence-electron chi connectivity index (χ1n) is 9.14. The van der Waals surface area contributed by atoms with E-state index in [-0.39, 0.29) is 19.6 Å². The van der Waals surface area contributed by atoms with E-state index in [4.69, 9.17) is 14.2 Å². The Morgan fingerprint density at radius 2 is 1.70 bits per heavy atom. The molecule has 30 heavy (non-hydrogen) atoms. The van der Waals surface area contributed by atoms with E-state index in [1.807, 2.05) is 6.07 Å². The maximum Gasteiger partial charge on any atom is 0.321 e. The Bertz CT molecular complexity index is 950. The number of nitrogens with zero attached hydrogens (tertiary/aromatic N) is 2. The van der Waals surface area contributed by atoms with E-state index in [2.05, 4.69) is 0 Å². The Morgan fingerprint density at radius 3 is 2.37 bits per heavy atom. The van der Waals surface area contributed by atoms with Crippen LogP contribution in [0.4, 0.5) is 5.69 Å². The maximum atomic E-state index is 12.6. The fraction of sp³-hybridized carbons (Fsp3) is 0.316. The number of hydrogen-bond donors (Lipinski definition) is 1. The molecular weight excluding hydrogens is 416 g/mol. The van der Waals surface area contributed by atoms with Gasteiger partial charge in [0.05, 0.1) is 18.1 Å². The van der Waals surface area contributed by atoms with Gasteiger partial charge in [0.1, 0.15) is 0 Å². The summed E-state index contributed by atoms with van der Waals surface area (Å²) in [6, 6.07) is 13.8. The molecule has 0 heterocycles. The molecule has 0 saturated carbocycles. The molecule has 2 rings (SSSR count). The second kappa shape index (κ2) is 11.4. The van der Waals surface area contributed by atoms with Crippen molar-refractivity contribution in [3.05, 3.63) is 70.3 Å². The number of unbranched alkanes of at least 4 members (excludes halogenated alkanes) is 2. The van der Waals surface area contributed by atoms with Gasteiger partial charge in [-0.05, 0) is 29.7 Å². The lowest BCUT2D eigenvalue weighted by atomic mass is 10.2. The summed E-state index contributed by atoms with van der Waals surface area (Å²) in [5.74, 6) is -0.914. The second-order valence-corrected chi connectivity index (χ2v) is 7.77. The van der Waals surface area contributed by atoms with Gasteiger partial charge in [0.25, 0.3) is 5.69 Å². The van der Waals surface area contributed by atoms with Crippen LogP contribution in [0.3, 0.4) is 0 Å². The summed E-state index contributed by atoms with van der Waals surface area (Å²) in [5.41, 5.74) is 0.155. The van der Waals surface area contributed by atoms with Gasteiger partial charge in [-0.25, -0.2) is 0 Å². The van der Waals surface area contributed by atoms with Crippen molar-refractivity contribution in [1.82, 2.24) is 5.23 Å². The van der Waals surface area contributed by atoms with Crippen molar-refractivity contribution in [2.24, 2.45) is 0 Å². The van der Waals surface area contributed by atoms with E-state index in [0.717, 1.165) is 22.9 Å². The van der Waals surface area contributed by atoms with Gasteiger partial charge in [0.15, 0.2) is 4.90 Å². The molecule has 0 aromatic heterocycles. The van der Waals surface area contributed by atoms with E-state index in [0.29, 0.717) is 19.3 Å². The number of nitro groups is 1. The highest BCUT2D eigenvalue weighted by atomic mass is 32.2. The molecule has 0 atom stereocenters. The summed E-state index contributed by atoms with van der Waals surface area (Å²) in [7, 11) is -4.53. The van der Waals surface area contributed by atoms with Crippen molar-refractivity contribution in [2.45, 2.75) is 37.2 Å². The minimum Gasteiger partial charge on any atom is -0.481 e. The van der Waals surface area contributed by atoms with Crippen LogP contribution < -0.4 is 0 Å². The number of rotatable bonds is 13. The topological polar surface area (TPSA) is 136 Å². The fourth-order valence-electron chi connectivity index (χ4n) is 2.51. The van der Waals surface area contributed by atoms with E-state index in [1.165, 1.54) is 12.1 Å². The number of nitro benzene ring substituents is 1. The standard InChI is InChI=1S/C19H22N2O8S/c22-19(23)13-5-2-8-14-20(28-15-16-9-3-1-4-10-16)29-30(26,27)18-12-7-6-11-17(18)21(24)25/h1,3-4,6-7,9-12H,2,5,8,13-15H2,(H,22,23). The molecule has 2 aromatic rings. The number of para-hydroxylation sites is 1. The molecule has 0 fully saturated rings. The van der Waals surface area contributed by atoms with Gasteiger partial charge in [-0.15, -0.1) is 4.28 Å². The van der Waals surface area contributed by atoms with Crippen molar-refractivity contribution < 1.29 is 32.4 Å². The van der Waals surface area contributed by atoms with Crippen LogP contribution in [0.5, 0.6) is 0 Å². The lowest BCUT2D eigenvalue weighted by Crippen LogP contribution is -2.29. The second-order valence-electron chi connectivity index (χ2n) is 6.27. The van der Waals surface area contributed by atoms with E-state index in [1.54, 1.807) is 24.3 Å². The number of aliphatic carboxylic acids is 1. The molecule has 11 heteroatoms. The van der Waals surface area contributed by atoms with E-state index in [9.17, 15) is 23.3 Å². The van der Waals surface area contributed by atoms with Crippen LogP contribution in [0.25, 0.3) is 0 Å². The summed E-state index contributed by atoms with van der Waals surface area (Å²) >= 11 is 0. The first-order valence-corrected chi connectivity index (χ1v) is 10.5. The van der Waals surface area contributed by atoms with Gasteiger partial charge in [0, 0.05) is 12.5 Å². The zero-order chi connectivity index (χ0) is 22.0. The minimum atomic E-state index is -4.53. The molecule has 10 nitrogen and oxygen atoms in total. The van der Waals surface area contributed by atoms with Crippen molar-refractivity contribution in [3.63, 3.8) is 0 Å². The number of carboxylic acids is 1. The highest BCUT2D eigenvalue weighted by Gasteiger charge is 2.29. The van der Waals surface area contributed by atoms with Crippen LogP contribution in [0, 0.1) is 10.1 Å². The van der Waals surface area contributed by atoms with E-state index >= 15 is 0 Å². The minimum absolute atomic E-state index is 0.000236. The highest BCUT2D eigenvalue weighted by molar-refractivity contribution is 7.86. The summed E-state index contributed by atoms with van der Waals surface area (Å²) < 4.78 is 30.3.